The first-order valence-corrected chi connectivity index (χ1v) is 20.9. The first kappa shape index (κ1) is 41.4. The van der Waals surface area contributed by atoms with Crippen LogP contribution in [0.25, 0.3) is 33.5 Å². The molecular weight excluding hydrogens is 775 g/mol. The predicted octanol–water partition coefficient (Wildman–Crippen LogP) is 5.78. The minimum Gasteiger partial charge on any atom is -0.370 e. The van der Waals surface area contributed by atoms with Gasteiger partial charge in [-0.3, -0.25) is 20.3 Å². The van der Waals surface area contributed by atoms with Crippen molar-refractivity contribution in [3.05, 3.63) is 90.1 Å². The van der Waals surface area contributed by atoms with E-state index in [1.165, 1.54) is 0 Å². The number of urea groups is 1. The Bertz CT molecular complexity index is 2470. The number of pyridine rings is 2. The molecule has 2 atom stereocenters. The largest absolute Gasteiger partial charge is 0.370 e. The Balaban J connectivity index is 0.795. The molecule has 17 heteroatoms. The third kappa shape index (κ3) is 9.53. The number of benzene rings is 1. The van der Waals surface area contributed by atoms with Crippen molar-refractivity contribution in [2.45, 2.75) is 71.6 Å². The number of nitrogens with zero attached hydrogens (tertiary/aromatic N) is 8. The van der Waals surface area contributed by atoms with E-state index < -0.39 is 12.3 Å². The van der Waals surface area contributed by atoms with Crippen LogP contribution in [0.4, 0.5) is 22.1 Å². The van der Waals surface area contributed by atoms with E-state index >= 15 is 0 Å². The van der Waals surface area contributed by atoms with Gasteiger partial charge in [0.2, 0.25) is 5.91 Å². The number of piperidine rings is 1. The van der Waals surface area contributed by atoms with Crippen molar-refractivity contribution in [3.63, 3.8) is 0 Å². The SMILES string of the molecule is Cc1cc(-c2ncnc3[nH]c(-c4ccc(NCCNCC5CCN(c6ccc(N7CCC(=O)NC7=O)cn6)CC5)nc4)cc23)ccc1[C@@H](C)NC(O)c1nc(C(C)(C)C)no1. The van der Waals surface area contributed by atoms with Gasteiger partial charge in [0.05, 0.1) is 17.6 Å². The molecule has 1 aromatic carbocycles. The van der Waals surface area contributed by atoms with E-state index in [4.69, 9.17) is 4.52 Å². The quantitative estimate of drug-likeness (QED) is 0.0568. The van der Waals surface area contributed by atoms with Gasteiger partial charge in [0.1, 0.15) is 23.6 Å². The lowest BCUT2D eigenvalue weighted by Crippen LogP contribution is -2.49. The molecule has 61 heavy (non-hydrogen) atoms. The van der Waals surface area contributed by atoms with Crippen LogP contribution in [0, 0.1) is 12.8 Å². The molecule has 2 fully saturated rings. The summed E-state index contributed by atoms with van der Waals surface area (Å²) in [5.74, 6) is 2.74. The summed E-state index contributed by atoms with van der Waals surface area (Å²) in [4.78, 5) is 53.8. The van der Waals surface area contributed by atoms with Gasteiger partial charge in [-0.2, -0.15) is 4.98 Å². The number of hydrogen-bond acceptors (Lipinski definition) is 14. The van der Waals surface area contributed by atoms with Gasteiger partial charge in [0, 0.05) is 79.0 Å². The average Bonchev–Trinajstić information content (AvgIpc) is 3.94. The summed E-state index contributed by atoms with van der Waals surface area (Å²) in [7, 11) is 0. The average molecular weight is 828 g/mol. The molecule has 6 aromatic rings. The predicted molar refractivity (Wildman–Crippen MR) is 233 cm³/mol. The zero-order valence-electron chi connectivity index (χ0n) is 35.2. The summed E-state index contributed by atoms with van der Waals surface area (Å²) in [5, 5.41) is 28.3. The third-order valence-electron chi connectivity index (χ3n) is 11.3. The van der Waals surface area contributed by atoms with Crippen LogP contribution in [0.15, 0.2) is 71.8 Å². The maximum absolute atomic E-state index is 12.2. The number of carbonyl (C=O) groups excluding carboxylic acids is 2. The number of anilines is 3. The molecule has 6 N–H and O–H groups in total. The highest BCUT2D eigenvalue weighted by atomic mass is 16.5. The first-order chi connectivity index (χ1) is 29.4. The molecule has 7 heterocycles. The van der Waals surface area contributed by atoms with E-state index in [-0.39, 0.29) is 29.7 Å². The highest BCUT2D eigenvalue weighted by molar-refractivity contribution is 6.05. The highest BCUT2D eigenvalue weighted by Crippen LogP contribution is 2.33. The standard InChI is InChI=1S/C44H53N13O4/c1-26-20-29(6-9-32(26)27(2)51-40(59)41-54-42(55-61-41)44(3,4)5)38-33-21-34(52-39(33)50-25-49-38)30-7-10-35(47-23-30)46-16-15-45-22-28-12-17-56(18-13-28)36-11-8-31(24-48-36)57-19-14-37(58)53-43(57)60/h6-11,20-21,23-25,27-28,40,45,51,59H,12-19,22H2,1-5H3,(H,46,47)(H,49,50,52)(H,53,58,60)/t27-,40?/m1/s1. The third-order valence-corrected chi connectivity index (χ3v) is 11.3. The minimum atomic E-state index is -1.10. The lowest BCUT2D eigenvalue weighted by Gasteiger charge is -2.33. The van der Waals surface area contributed by atoms with Crippen LogP contribution in [0.5, 0.6) is 0 Å². The number of H-pyrrole nitrogens is 1. The monoisotopic (exact) mass is 827 g/mol. The number of nitrogens with one attached hydrogen (secondary N) is 5. The number of aliphatic hydroxyl groups is 1. The number of amides is 3. The summed E-state index contributed by atoms with van der Waals surface area (Å²) in [6.45, 7) is 14.8. The number of aliphatic hydroxyl groups excluding tert-OH is 1. The number of aryl methyl sites for hydroxylation is 1. The van der Waals surface area contributed by atoms with Crippen molar-refractivity contribution in [3.8, 4) is 22.5 Å². The Labute approximate surface area is 354 Å². The Morgan fingerprint density at radius 2 is 1.77 bits per heavy atom. The minimum absolute atomic E-state index is 0.139. The summed E-state index contributed by atoms with van der Waals surface area (Å²) in [5.41, 5.74) is 6.84. The molecule has 0 spiro atoms. The molecule has 1 unspecified atom stereocenters. The van der Waals surface area contributed by atoms with Gasteiger partial charge in [0.15, 0.2) is 12.1 Å². The maximum atomic E-state index is 12.2. The lowest BCUT2D eigenvalue weighted by molar-refractivity contribution is -0.120. The zero-order chi connectivity index (χ0) is 42.7. The van der Waals surface area contributed by atoms with E-state index in [2.05, 4.69) is 73.4 Å². The van der Waals surface area contributed by atoms with Crippen molar-refractivity contribution < 1.29 is 19.2 Å². The Kier molecular flexibility index (Phi) is 12.0. The van der Waals surface area contributed by atoms with Crippen LogP contribution in [0.2, 0.25) is 0 Å². The van der Waals surface area contributed by atoms with Crippen LogP contribution in [-0.2, 0) is 10.2 Å². The number of imide groups is 1. The van der Waals surface area contributed by atoms with E-state index in [1.807, 2.05) is 77.2 Å². The molecule has 0 saturated carbocycles. The van der Waals surface area contributed by atoms with Crippen LogP contribution in [-0.4, -0.2) is 91.4 Å². The molecule has 0 radical (unpaired) electrons. The number of carbonyl (C=O) groups is 2. The fourth-order valence-electron chi connectivity index (χ4n) is 7.83. The van der Waals surface area contributed by atoms with Gasteiger partial charge in [-0.25, -0.2) is 24.7 Å². The van der Waals surface area contributed by atoms with Gasteiger partial charge in [-0.1, -0.05) is 38.1 Å². The molecule has 2 saturated heterocycles. The molecule has 17 nitrogen and oxygen atoms in total. The smallest absolute Gasteiger partial charge is 0.328 e. The Hall–Kier alpha value is -6.30. The van der Waals surface area contributed by atoms with Gasteiger partial charge >= 0.3 is 6.03 Å². The number of aromatic nitrogens is 7. The second-order valence-electron chi connectivity index (χ2n) is 16.9. The highest BCUT2D eigenvalue weighted by Gasteiger charge is 2.27. The number of aromatic amines is 1. The van der Waals surface area contributed by atoms with Crippen molar-refractivity contribution in [1.82, 2.24) is 51.0 Å². The zero-order valence-corrected chi connectivity index (χ0v) is 35.2. The van der Waals surface area contributed by atoms with Gasteiger partial charge in [-0.15, -0.1) is 0 Å². The molecule has 2 aliphatic heterocycles. The van der Waals surface area contributed by atoms with E-state index in [1.54, 1.807) is 17.4 Å². The van der Waals surface area contributed by atoms with Crippen LogP contribution in [0.1, 0.15) is 82.1 Å². The van der Waals surface area contributed by atoms with Crippen LogP contribution < -0.4 is 31.1 Å². The molecule has 3 amide bonds. The van der Waals surface area contributed by atoms with E-state index in [0.717, 1.165) is 102 Å². The molecule has 0 aliphatic carbocycles. The van der Waals surface area contributed by atoms with Crippen LogP contribution in [0.3, 0.4) is 0 Å². The second kappa shape index (κ2) is 17.7. The van der Waals surface area contributed by atoms with Crippen LogP contribution >= 0.6 is 0 Å². The van der Waals surface area contributed by atoms with Crippen molar-refractivity contribution in [2.75, 3.05) is 54.4 Å². The first-order valence-electron chi connectivity index (χ1n) is 20.9. The Morgan fingerprint density at radius 3 is 2.48 bits per heavy atom. The van der Waals surface area contributed by atoms with Crippen molar-refractivity contribution in [1.29, 1.82) is 0 Å². The lowest BCUT2D eigenvalue weighted by atomic mass is 9.96. The Morgan fingerprint density at radius 1 is 0.951 bits per heavy atom. The summed E-state index contributed by atoms with van der Waals surface area (Å²) in [6.07, 6.45) is 6.47. The topological polar surface area (TPSA) is 215 Å². The van der Waals surface area contributed by atoms with Gasteiger partial charge in [0.25, 0.3) is 5.89 Å². The van der Waals surface area contributed by atoms with Crippen molar-refractivity contribution in [2.24, 2.45) is 5.92 Å². The molecule has 8 rings (SSSR count). The fraction of sp³-hybridized carbons (Fsp3) is 0.409. The second-order valence-corrected chi connectivity index (χ2v) is 16.9. The fourth-order valence-corrected chi connectivity index (χ4v) is 7.83. The summed E-state index contributed by atoms with van der Waals surface area (Å²) < 4.78 is 5.33. The maximum Gasteiger partial charge on any atom is 0.328 e. The van der Waals surface area contributed by atoms with Crippen molar-refractivity contribution >= 4 is 40.3 Å². The molecular formula is C44H53N13O4. The number of rotatable bonds is 14. The number of hydrogen-bond donors (Lipinski definition) is 6. The van der Waals surface area contributed by atoms with E-state index in [9.17, 15) is 14.7 Å². The van der Waals surface area contributed by atoms with Gasteiger partial charge in [-0.05, 0) is 86.7 Å². The molecule has 318 valence electrons. The molecule has 0 bridgehead atoms. The van der Waals surface area contributed by atoms with E-state index in [0.29, 0.717) is 24.0 Å². The summed E-state index contributed by atoms with van der Waals surface area (Å²) >= 11 is 0. The van der Waals surface area contributed by atoms with Gasteiger partial charge < -0.3 is 30.1 Å². The molecule has 5 aromatic heterocycles. The number of fused-ring (bicyclic) bond motifs is 1. The summed E-state index contributed by atoms with van der Waals surface area (Å²) in [6, 6.07) is 15.5. The normalized spacial score (nSPS) is 16.2. The molecule has 2 aliphatic rings.